The summed E-state index contributed by atoms with van der Waals surface area (Å²) in [7, 11) is -3.50. The smallest absolute Gasteiger partial charge is 0.243 e. The Bertz CT molecular complexity index is 1010. The van der Waals surface area contributed by atoms with Gasteiger partial charge in [-0.2, -0.15) is 9.57 Å². The number of nitrogens with zero attached hydrogens (tertiary/aromatic N) is 2. The molecule has 2 aliphatic rings. The van der Waals surface area contributed by atoms with E-state index in [9.17, 15) is 8.42 Å². The van der Waals surface area contributed by atoms with Crippen molar-refractivity contribution < 1.29 is 8.42 Å². The Labute approximate surface area is 172 Å². The summed E-state index contributed by atoms with van der Waals surface area (Å²) in [6.07, 6.45) is 2.70. The van der Waals surface area contributed by atoms with E-state index in [1.807, 2.05) is 6.07 Å². The van der Waals surface area contributed by atoms with Crippen LogP contribution in [0.5, 0.6) is 0 Å². The number of rotatable bonds is 4. The van der Waals surface area contributed by atoms with Gasteiger partial charge in [-0.3, -0.25) is 10.9 Å². The lowest BCUT2D eigenvalue weighted by Gasteiger charge is -2.34. The van der Waals surface area contributed by atoms with E-state index in [4.69, 9.17) is 5.26 Å². The molecule has 4 rings (SSSR count). The van der Waals surface area contributed by atoms with Crippen LogP contribution in [0.25, 0.3) is 0 Å². The minimum atomic E-state index is -3.50. The fourth-order valence-corrected chi connectivity index (χ4v) is 5.83. The van der Waals surface area contributed by atoms with Crippen LogP contribution in [0, 0.1) is 24.2 Å². The molecule has 0 amide bonds. The van der Waals surface area contributed by atoms with Crippen LogP contribution in [0.2, 0.25) is 0 Å². The number of nitriles is 1. The average Bonchev–Trinajstić information content (AvgIpc) is 3.24. The van der Waals surface area contributed by atoms with Crippen molar-refractivity contribution in [3.8, 4) is 6.07 Å². The maximum absolute atomic E-state index is 12.9. The van der Waals surface area contributed by atoms with E-state index in [-0.39, 0.29) is 4.90 Å². The third kappa shape index (κ3) is 4.21. The van der Waals surface area contributed by atoms with Gasteiger partial charge in [0.1, 0.15) is 0 Å². The van der Waals surface area contributed by atoms with Gasteiger partial charge in [-0.25, -0.2) is 8.42 Å². The lowest BCUT2D eigenvalue weighted by atomic mass is 9.87. The van der Waals surface area contributed by atoms with Crippen LogP contribution in [0.4, 0.5) is 0 Å². The molecule has 0 spiro atoms. The van der Waals surface area contributed by atoms with Gasteiger partial charge in [0, 0.05) is 25.2 Å². The molecule has 2 aromatic rings. The van der Waals surface area contributed by atoms with Crippen LogP contribution >= 0.6 is 0 Å². The normalized spacial score (nSPS) is 23.7. The predicted molar refractivity (Wildman–Crippen MR) is 111 cm³/mol. The van der Waals surface area contributed by atoms with E-state index in [0.717, 1.165) is 19.3 Å². The van der Waals surface area contributed by atoms with Crippen LogP contribution < -0.4 is 10.9 Å². The number of hydrazine groups is 1. The zero-order chi connectivity index (χ0) is 20.4. The van der Waals surface area contributed by atoms with Gasteiger partial charge in [-0.1, -0.05) is 29.8 Å². The van der Waals surface area contributed by atoms with Crippen LogP contribution in [-0.4, -0.2) is 31.9 Å². The quantitative estimate of drug-likeness (QED) is 0.810. The molecular weight excluding hydrogens is 384 g/mol. The first-order chi connectivity index (χ1) is 14.0. The summed E-state index contributed by atoms with van der Waals surface area (Å²) in [5.41, 5.74) is 9.88. The molecule has 152 valence electrons. The van der Waals surface area contributed by atoms with E-state index in [1.54, 1.807) is 16.4 Å². The molecule has 0 bridgehead atoms. The molecule has 0 saturated carbocycles. The van der Waals surface area contributed by atoms with Gasteiger partial charge in [0.2, 0.25) is 10.0 Å². The molecule has 2 atom stereocenters. The summed E-state index contributed by atoms with van der Waals surface area (Å²) in [6.45, 7) is 3.16. The number of benzene rings is 2. The number of hydrogen-bond acceptors (Lipinski definition) is 5. The SMILES string of the molecule is Cc1cccc(C2CC(C3CCN(S(=O)(=O)c4ccc(C#N)cc4)CC3)NN2)c1. The Balaban J connectivity index is 1.36. The van der Waals surface area contributed by atoms with Gasteiger partial charge in [0.25, 0.3) is 0 Å². The monoisotopic (exact) mass is 410 g/mol. The lowest BCUT2D eigenvalue weighted by Crippen LogP contribution is -2.44. The first-order valence-electron chi connectivity index (χ1n) is 10.1. The van der Waals surface area contributed by atoms with Crippen molar-refractivity contribution in [1.82, 2.24) is 15.2 Å². The summed E-state index contributed by atoms with van der Waals surface area (Å²) in [4.78, 5) is 0.259. The number of sulfonamides is 1. The van der Waals surface area contributed by atoms with Crippen LogP contribution in [-0.2, 0) is 10.0 Å². The summed E-state index contributed by atoms with van der Waals surface area (Å²) < 4.78 is 27.4. The van der Waals surface area contributed by atoms with Crippen LogP contribution in [0.1, 0.15) is 42.0 Å². The zero-order valence-corrected chi connectivity index (χ0v) is 17.3. The van der Waals surface area contributed by atoms with Gasteiger partial charge in [0.05, 0.1) is 16.5 Å². The highest BCUT2D eigenvalue weighted by molar-refractivity contribution is 7.89. The summed E-state index contributed by atoms with van der Waals surface area (Å²) >= 11 is 0. The number of hydrogen-bond donors (Lipinski definition) is 2. The molecular formula is C22H26N4O2S. The standard InChI is InChI=1S/C22H26N4O2S/c1-16-3-2-4-19(13-16)22-14-21(24-25-22)18-9-11-26(12-10-18)29(27,28)20-7-5-17(15-23)6-8-20/h2-8,13,18,21-22,24-25H,9-12,14H2,1H3. The van der Waals surface area contributed by atoms with E-state index in [1.165, 1.54) is 23.3 Å². The Morgan fingerprint density at radius 2 is 1.79 bits per heavy atom. The van der Waals surface area contributed by atoms with Gasteiger partial charge in [-0.05, 0) is 61.9 Å². The third-order valence-corrected chi connectivity index (χ3v) is 7.98. The molecule has 2 aliphatic heterocycles. The van der Waals surface area contributed by atoms with E-state index < -0.39 is 10.0 Å². The van der Waals surface area contributed by atoms with Gasteiger partial charge >= 0.3 is 0 Å². The summed E-state index contributed by atoms with van der Waals surface area (Å²) in [6, 6.07) is 17.4. The van der Waals surface area contributed by atoms with Crippen molar-refractivity contribution in [2.75, 3.05) is 13.1 Å². The maximum Gasteiger partial charge on any atom is 0.243 e. The first kappa shape index (κ1) is 20.0. The maximum atomic E-state index is 12.9. The van der Waals surface area contributed by atoms with Crippen molar-refractivity contribution in [3.63, 3.8) is 0 Å². The van der Waals surface area contributed by atoms with Crippen LogP contribution in [0.3, 0.4) is 0 Å². The molecule has 7 heteroatoms. The molecule has 2 saturated heterocycles. The highest BCUT2D eigenvalue weighted by atomic mass is 32.2. The number of aryl methyl sites for hydroxylation is 1. The minimum Gasteiger partial charge on any atom is -0.254 e. The van der Waals surface area contributed by atoms with Crippen molar-refractivity contribution in [3.05, 3.63) is 65.2 Å². The van der Waals surface area contributed by atoms with Crippen molar-refractivity contribution in [1.29, 1.82) is 5.26 Å². The largest absolute Gasteiger partial charge is 0.254 e. The van der Waals surface area contributed by atoms with E-state index >= 15 is 0 Å². The van der Waals surface area contributed by atoms with Gasteiger partial charge in [-0.15, -0.1) is 0 Å². The fourth-order valence-electron chi connectivity index (χ4n) is 4.37. The topological polar surface area (TPSA) is 85.2 Å². The third-order valence-electron chi connectivity index (χ3n) is 6.07. The van der Waals surface area contributed by atoms with Crippen molar-refractivity contribution in [2.45, 2.75) is 43.2 Å². The molecule has 0 radical (unpaired) electrons. The van der Waals surface area contributed by atoms with Crippen LogP contribution in [0.15, 0.2) is 53.4 Å². The lowest BCUT2D eigenvalue weighted by molar-refractivity contribution is 0.230. The first-order valence-corrected chi connectivity index (χ1v) is 11.5. The number of piperidine rings is 1. The predicted octanol–water partition coefficient (Wildman–Crippen LogP) is 2.88. The molecule has 6 nitrogen and oxygen atoms in total. The summed E-state index contributed by atoms with van der Waals surface area (Å²) in [5.74, 6) is 0.449. The molecule has 2 unspecified atom stereocenters. The Morgan fingerprint density at radius 1 is 1.07 bits per heavy atom. The van der Waals surface area contributed by atoms with Gasteiger partial charge in [0.15, 0.2) is 0 Å². The second kappa shape index (κ2) is 8.25. The van der Waals surface area contributed by atoms with Crippen molar-refractivity contribution in [2.24, 2.45) is 5.92 Å². The molecule has 2 fully saturated rings. The number of nitrogens with one attached hydrogen (secondary N) is 2. The Morgan fingerprint density at radius 3 is 2.45 bits per heavy atom. The summed E-state index contributed by atoms with van der Waals surface area (Å²) in [5, 5.41) is 8.90. The molecule has 29 heavy (non-hydrogen) atoms. The average molecular weight is 411 g/mol. The van der Waals surface area contributed by atoms with E-state index in [2.05, 4.69) is 42.0 Å². The Kier molecular flexibility index (Phi) is 5.70. The molecule has 0 aliphatic carbocycles. The molecule has 0 aromatic heterocycles. The highest BCUT2D eigenvalue weighted by Crippen LogP contribution is 2.32. The van der Waals surface area contributed by atoms with Gasteiger partial charge < -0.3 is 0 Å². The van der Waals surface area contributed by atoms with E-state index in [0.29, 0.717) is 36.7 Å². The van der Waals surface area contributed by atoms with Crippen molar-refractivity contribution >= 4 is 10.0 Å². The fraction of sp³-hybridized carbons (Fsp3) is 0.409. The highest BCUT2D eigenvalue weighted by Gasteiger charge is 2.36. The molecule has 2 N–H and O–H groups in total. The molecule has 2 aromatic carbocycles. The minimum absolute atomic E-state index is 0.259. The second-order valence-electron chi connectivity index (χ2n) is 7.98. The zero-order valence-electron chi connectivity index (χ0n) is 16.5. The second-order valence-corrected chi connectivity index (χ2v) is 9.91. The Hall–Kier alpha value is -2.24. The molecule has 2 heterocycles.